The van der Waals surface area contributed by atoms with E-state index in [0.717, 1.165) is 30.4 Å². The van der Waals surface area contributed by atoms with E-state index < -0.39 is 12.5 Å². The number of hydrogen-bond donors (Lipinski definition) is 1. The predicted octanol–water partition coefficient (Wildman–Crippen LogP) is 2.59. The van der Waals surface area contributed by atoms with Crippen LogP contribution in [0, 0.1) is 12.8 Å². The van der Waals surface area contributed by atoms with Crippen molar-refractivity contribution in [3.05, 3.63) is 23.5 Å². The standard InChI is InChI=1S/C18H25F2N3O3/c1-12-4-5-15(23(12)18(19)20)16(24)21-9-6-14(7-10-21)22-8-2-3-13(11-22)17(25)26/h4-5,13-14,18H,2-3,6-11H2,1H3,(H,25,26)/t13-/m1/s1. The van der Waals surface area contributed by atoms with E-state index in [2.05, 4.69) is 4.90 Å². The Hall–Kier alpha value is -1.96. The van der Waals surface area contributed by atoms with Crippen LogP contribution in [-0.4, -0.2) is 63.6 Å². The third-order valence-electron chi connectivity index (χ3n) is 5.61. The van der Waals surface area contributed by atoms with Crippen molar-refractivity contribution in [2.45, 2.75) is 45.2 Å². The Morgan fingerprint density at radius 3 is 2.46 bits per heavy atom. The van der Waals surface area contributed by atoms with Crippen molar-refractivity contribution in [2.24, 2.45) is 5.92 Å². The summed E-state index contributed by atoms with van der Waals surface area (Å²) >= 11 is 0. The number of carboxylic acid groups (broad SMARTS) is 1. The molecule has 0 radical (unpaired) electrons. The molecule has 0 saturated carbocycles. The lowest BCUT2D eigenvalue weighted by Crippen LogP contribution is -2.50. The first-order chi connectivity index (χ1) is 12.4. The fraction of sp³-hybridized carbons (Fsp3) is 0.667. The Labute approximate surface area is 151 Å². The fourth-order valence-corrected chi connectivity index (χ4v) is 4.12. The number of nitrogens with zero attached hydrogens (tertiary/aromatic N) is 3. The van der Waals surface area contributed by atoms with Gasteiger partial charge in [0.2, 0.25) is 0 Å². The fourth-order valence-electron chi connectivity index (χ4n) is 4.12. The molecule has 0 spiro atoms. The number of aromatic nitrogens is 1. The van der Waals surface area contributed by atoms with E-state index in [4.69, 9.17) is 0 Å². The molecule has 0 unspecified atom stereocenters. The third kappa shape index (κ3) is 3.75. The number of aliphatic carboxylic acids is 1. The Bertz CT molecular complexity index is 669. The summed E-state index contributed by atoms with van der Waals surface area (Å²) in [5.74, 6) is -1.43. The van der Waals surface area contributed by atoms with Gasteiger partial charge in [0.15, 0.2) is 0 Å². The zero-order valence-electron chi connectivity index (χ0n) is 14.9. The number of hydrogen-bond acceptors (Lipinski definition) is 3. The predicted molar refractivity (Wildman–Crippen MR) is 91.3 cm³/mol. The van der Waals surface area contributed by atoms with Gasteiger partial charge in [-0.15, -0.1) is 0 Å². The summed E-state index contributed by atoms with van der Waals surface area (Å²) in [6, 6.07) is 3.24. The highest BCUT2D eigenvalue weighted by atomic mass is 19.3. The molecule has 2 saturated heterocycles. The van der Waals surface area contributed by atoms with Gasteiger partial charge >= 0.3 is 12.5 Å². The number of piperidine rings is 2. The molecule has 1 atom stereocenters. The molecular weight excluding hydrogens is 344 g/mol. The highest BCUT2D eigenvalue weighted by molar-refractivity contribution is 5.93. The van der Waals surface area contributed by atoms with Crippen LogP contribution < -0.4 is 0 Å². The van der Waals surface area contributed by atoms with E-state index in [9.17, 15) is 23.5 Å². The molecule has 6 nitrogen and oxygen atoms in total. The minimum Gasteiger partial charge on any atom is -0.481 e. The van der Waals surface area contributed by atoms with Crippen LogP contribution in [0.15, 0.2) is 12.1 Å². The van der Waals surface area contributed by atoms with Gasteiger partial charge < -0.3 is 10.0 Å². The number of rotatable bonds is 4. The number of carboxylic acids is 1. The van der Waals surface area contributed by atoms with Crippen LogP contribution in [0.25, 0.3) is 0 Å². The Balaban J connectivity index is 1.60. The van der Waals surface area contributed by atoms with E-state index in [1.165, 1.54) is 12.1 Å². The van der Waals surface area contributed by atoms with Crippen molar-refractivity contribution >= 4 is 11.9 Å². The van der Waals surface area contributed by atoms with E-state index >= 15 is 0 Å². The number of carbonyl (C=O) groups is 2. The highest BCUT2D eigenvalue weighted by Crippen LogP contribution is 2.26. The quantitative estimate of drug-likeness (QED) is 0.886. The number of amides is 1. The average molecular weight is 369 g/mol. The van der Waals surface area contributed by atoms with Gasteiger partial charge in [-0.05, 0) is 51.3 Å². The monoisotopic (exact) mass is 369 g/mol. The summed E-state index contributed by atoms with van der Waals surface area (Å²) in [7, 11) is 0. The van der Waals surface area contributed by atoms with Gasteiger partial charge in [0.05, 0.1) is 5.92 Å². The molecular formula is C18H25F2N3O3. The van der Waals surface area contributed by atoms with Crippen molar-refractivity contribution in [1.29, 1.82) is 0 Å². The van der Waals surface area contributed by atoms with E-state index in [-0.39, 0.29) is 23.6 Å². The van der Waals surface area contributed by atoms with Crippen LogP contribution in [0.3, 0.4) is 0 Å². The maximum atomic E-state index is 13.2. The number of carbonyl (C=O) groups excluding carboxylic acids is 1. The molecule has 144 valence electrons. The van der Waals surface area contributed by atoms with E-state index in [1.807, 2.05) is 0 Å². The van der Waals surface area contributed by atoms with Crippen molar-refractivity contribution in [3.8, 4) is 0 Å². The summed E-state index contributed by atoms with van der Waals surface area (Å²) in [5, 5.41) is 9.22. The highest BCUT2D eigenvalue weighted by Gasteiger charge is 2.33. The molecule has 0 aliphatic carbocycles. The second-order valence-electron chi connectivity index (χ2n) is 7.20. The van der Waals surface area contributed by atoms with Crippen molar-refractivity contribution in [2.75, 3.05) is 26.2 Å². The van der Waals surface area contributed by atoms with Crippen molar-refractivity contribution < 1.29 is 23.5 Å². The van der Waals surface area contributed by atoms with Gasteiger partial charge in [0.1, 0.15) is 5.69 Å². The van der Waals surface area contributed by atoms with Gasteiger partial charge in [-0.1, -0.05) is 0 Å². The lowest BCUT2D eigenvalue weighted by Gasteiger charge is -2.41. The average Bonchev–Trinajstić information content (AvgIpc) is 3.03. The first-order valence-electron chi connectivity index (χ1n) is 9.10. The molecule has 2 aliphatic heterocycles. The first-order valence-corrected chi connectivity index (χ1v) is 9.10. The third-order valence-corrected chi connectivity index (χ3v) is 5.61. The second kappa shape index (κ2) is 7.73. The van der Waals surface area contributed by atoms with Crippen LogP contribution in [0.4, 0.5) is 8.78 Å². The maximum absolute atomic E-state index is 13.2. The molecule has 1 aromatic rings. The molecule has 1 amide bonds. The minimum atomic E-state index is -2.73. The lowest BCUT2D eigenvalue weighted by molar-refractivity contribution is -0.144. The van der Waals surface area contributed by atoms with E-state index in [0.29, 0.717) is 31.7 Å². The first kappa shape index (κ1) is 18.8. The summed E-state index contributed by atoms with van der Waals surface area (Å²) < 4.78 is 27.2. The molecule has 1 N–H and O–H groups in total. The topological polar surface area (TPSA) is 65.8 Å². The Morgan fingerprint density at radius 2 is 1.85 bits per heavy atom. The van der Waals surface area contributed by atoms with Crippen LogP contribution in [0.5, 0.6) is 0 Å². The van der Waals surface area contributed by atoms with Gasteiger partial charge in [-0.2, -0.15) is 8.78 Å². The zero-order valence-corrected chi connectivity index (χ0v) is 14.9. The van der Waals surface area contributed by atoms with Crippen LogP contribution in [-0.2, 0) is 4.79 Å². The zero-order chi connectivity index (χ0) is 18.8. The van der Waals surface area contributed by atoms with Crippen LogP contribution >= 0.6 is 0 Å². The molecule has 2 fully saturated rings. The van der Waals surface area contributed by atoms with Gasteiger partial charge in [-0.25, -0.2) is 0 Å². The molecule has 3 rings (SSSR count). The van der Waals surface area contributed by atoms with Gasteiger partial charge in [-0.3, -0.25) is 19.1 Å². The van der Waals surface area contributed by atoms with Crippen molar-refractivity contribution in [3.63, 3.8) is 0 Å². The molecule has 1 aromatic heterocycles. The number of aryl methyl sites for hydroxylation is 1. The molecule has 8 heteroatoms. The summed E-state index contributed by atoms with van der Waals surface area (Å²) in [6.45, 7) is 1.28. The molecule has 0 aromatic carbocycles. The number of alkyl halides is 2. The largest absolute Gasteiger partial charge is 0.481 e. The van der Waals surface area contributed by atoms with Crippen LogP contribution in [0.2, 0.25) is 0 Å². The molecule has 26 heavy (non-hydrogen) atoms. The molecule has 0 bridgehead atoms. The molecule has 3 heterocycles. The summed E-state index contributed by atoms with van der Waals surface area (Å²) in [4.78, 5) is 27.7. The summed E-state index contributed by atoms with van der Waals surface area (Å²) in [6.07, 6.45) is 3.07. The SMILES string of the molecule is Cc1ccc(C(=O)N2CCC(N3CCC[C@@H](C(=O)O)C3)CC2)n1C(F)F. The number of likely N-dealkylation sites (tertiary alicyclic amines) is 2. The van der Waals surface area contributed by atoms with Gasteiger partial charge in [0.25, 0.3) is 5.91 Å². The second-order valence-corrected chi connectivity index (χ2v) is 7.20. The normalized spacial score (nSPS) is 22.8. The van der Waals surface area contributed by atoms with Crippen molar-refractivity contribution in [1.82, 2.24) is 14.4 Å². The molecule has 2 aliphatic rings. The Kier molecular flexibility index (Phi) is 5.60. The lowest BCUT2D eigenvalue weighted by atomic mass is 9.94. The minimum absolute atomic E-state index is 0.0277. The van der Waals surface area contributed by atoms with E-state index in [1.54, 1.807) is 11.8 Å². The summed E-state index contributed by atoms with van der Waals surface area (Å²) in [5.41, 5.74) is 0.395. The van der Waals surface area contributed by atoms with Gasteiger partial charge in [0, 0.05) is 31.4 Å². The smallest absolute Gasteiger partial charge is 0.319 e. The maximum Gasteiger partial charge on any atom is 0.319 e. The number of halogens is 2. The Morgan fingerprint density at radius 1 is 1.15 bits per heavy atom. The van der Waals surface area contributed by atoms with Crippen LogP contribution in [0.1, 0.15) is 48.4 Å².